The summed E-state index contributed by atoms with van der Waals surface area (Å²) in [5.41, 5.74) is 0.260. The minimum absolute atomic E-state index is 0.0376. The predicted molar refractivity (Wildman–Crippen MR) is 59.7 cm³/mol. The van der Waals surface area contributed by atoms with Crippen LogP contribution in [0.1, 0.15) is 10.4 Å². The Morgan fingerprint density at radius 2 is 2.25 bits per heavy atom. The van der Waals surface area contributed by atoms with Gasteiger partial charge in [0.05, 0.1) is 17.8 Å². The summed E-state index contributed by atoms with van der Waals surface area (Å²) in [7, 11) is 0. The average molecular weight is 247 g/mol. The zero-order valence-electron chi connectivity index (χ0n) is 8.54. The molecule has 0 amide bonds. The molecule has 0 aliphatic carbocycles. The largest absolute Gasteiger partial charge is 0.478 e. The molecule has 0 fully saturated rings. The van der Waals surface area contributed by atoms with Gasteiger partial charge in [0.25, 0.3) is 6.43 Å². The summed E-state index contributed by atoms with van der Waals surface area (Å²) in [6.07, 6.45) is -0.779. The van der Waals surface area contributed by atoms with Gasteiger partial charge >= 0.3 is 5.97 Å². The van der Waals surface area contributed by atoms with Gasteiger partial charge in [0, 0.05) is 4.90 Å². The average Bonchev–Trinajstić information content (AvgIpc) is 2.25. The van der Waals surface area contributed by atoms with E-state index in [1.165, 1.54) is 17.8 Å². The number of carboxylic acids is 1. The van der Waals surface area contributed by atoms with Gasteiger partial charge in [0.2, 0.25) is 0 Å². The monoisotopic (exact) mass is 247 g/mol. The molecule has 6 heteroatoms. The highest BCUT2D eigenvalue weighted by atomic mass is 32.2. The molecule has 0 saturated heterocycles. The summed E-state index contributed by atoms with van der Waals surface area (Å²) in [6.45, 7) is -0.557. The van der Waals surface area contributed by atoms with Crippen molar-refractivity contribution in [3.05, 3.63) is 23.8 Å². The maximum Gasteiger partial charge on any atom is 0.338 e. The van der Waals surface area contributed by atoms with E-state index in [0.29, 0.717) is 4.90 Å². The number of aromatic carboxylic acids is 1. The van der Waals surface area contributed by atoms with E-state index >= 15 is 0 Å². The molecule has 0 heterocycles. The molecule has 3 nitrogen and oxygen atoms in total. The summed E-state index contributed by atoms with van der Waals surface area (Å²) < 4.78 is 24.0. The molecule has 0 radical (unpaired) electrons. The number of benzene rings is 1. The molecule has 16 heavy (non-hydrogen) atoms. The van der Waals surface area contributed by atoms with Crippen LogP contribution in [-0.4, -0.2) is 30.3 Å². The predicted octanol–water partition coefficient (Wildman–Crippen LogP) is 2.78. The Morgan fingerprint density at radius 3 is 2.75 bits per heavy atom. The summed E-state index contributed by atoms with van der Waals surface area (Å²) in [5, 5.41) is 11.4. The molecule has 1 rings (SSSR count). The molecular weight excluding hydrogens is 236 g/mol. The van der Waals surface area contributed by atoms with Crippen LogP contribution in [0.5, 0.6) is 0 Å². The number of nitrogens with one attached hydrogen (secondary N) is 1. The number of rotatable bonds is 5. The Labute approximate surface area is 95.9 Å². The fourth-order valence-electron chi connectivity index (χ4n) is 1.26. The van der Waals surface area contributed by atoms with Gasteiger partial charge in [-0.2, -0.15) is 0 Å². The van der Waals surface area contributed by atoms with E-state index < -0.39 is 18.9 Å². The van der Waals surface area contributed by atoms with E-state index in [0.717, 1.165) is 0 Å². The van der Waals surface area contributed by atoms with Crippen molar-refractivity contribution < 1.29 is 18.7 Å². The number of anilines is 1. The number of hydrogen-bond acceptors (Lipinski definition) is 3. The first kappa shape index (κ1) is 12.8. The van der Waals surface area contributed by atoms with Crippen LogP contribution in [0.2, 0.25) is 0 Å². The molecule has 88 valence electrons. The Bertz CT molecular complexity index is 385. The number of carbonyl (C=O) groups is 1. The second-order valence-corrected chi connectivity index (χ2v) is 3.81. The third-order valence-electron chi connectivity index (χ3n) is 1.91. The molecular formula is C10H11F2NO2S. The van der Waals surface area contributed by atoms with E-state index in [-0.39, 0.29) is 11.3 Å². The number of hydrogen-bond donors (Lipinski definition) is 2. The van der Waals surface area contributed by atoms with Gasteiger partial charge in [-0.1, -0.05) is 6.07 Å². The molecule has 0 unspecified atom stereocenters. The Hall–Kier alpha value is -1.30. The van der Waals surface area contributed by atoms with Crippen molar-refractivity contribution in [2.75, 3.05) is 18.1 Å². The lowest BCUT2D eigenvalue weighted by molar-refractivity contribution is 0.0694. The van der Waals surface area contributed by atoms with Crippen LogP contribution < -0.4 is 5.32 Å². The first-order chi connectivity index (χ1) is 7.56. The number of carboxylic acid groups (broad SMARTS) is 1. The van der Waals surface area contributed by atoms with E-state index in [2.05, 4.69) is 5.32 Å². The van der Waals surface area contributed by atoms with Gasteiger partial charge in [-0.25, -0.2) is 13.6 Å². The zero-order valence-corrected chi connectivity index (χ0v) is 9.35. The Kier molecular flexibility index (Phi) is 4.54. The van der Waals surface area contributed by atoms with Crippen LogP contribution in [0.4, 0.5) is 14.5 Å². The van der Waals surface area contributed by atoms with E-state index in [4.69, 9.17) is 5.11 Å². The third-order valence-corrected chi connectivity index (χ3v) is 2.69. The van der Waals surface area contributed by atoms with Crippen LogP contribution in [0.25, 0.3) is 0 Å². The fourth-order valence-corrected chi connectivity index (χ4v) is 1.87. The van der Waals surface area contributed by atoms with Crippen molar-refractivity contribution in [3.8, 4) is 0 Å². The number of alkyl halides is 2. The zero-order chi connectivity index (χ0) is 12.1. The fraction of sp³-hybridized carbons (Fsp3) is 0.300. The lowest BCUT2D eigenvalue weighted by Gasteiger charge is -2.11. The second-order valence-electron chi connectivity index (χ2n) is 2.96. The molecule has 2 N–H and O–H groups in total. The summed E-state index contributed by atoms with van der Waals surface area (Å²) in [5.74, 6) is -1.12. The smallest absolute Gasteiger partial charge is 0.338 e. The van der Waals surface area contributed by atoms with Gasteiger partial charge in [-0.3, -0.25) is 0 Å². The highest BCUT2D eigenvalue weighted by molar-refractivity contribution is 7.98. The maximum atomic E-state index is 12.0. The molecule has 0 aliphatic heterocycles. The van der Waals surface area contributed by atoms with Crippen molar-refractivity contribution in [1.29, 1.82) is 0 Å². The molecule has 1 aromatic rings. The van der Waals surface area contributed by atoms with Crippen molar-refractivity contribution in [3.63, 3.8) is 0 Å². The SMILES string of the molecule is CSc1cccc(NCC(F)F)c1C(=O)O. The highest BCUT2D eigenvalue weighted by Crippen LogP contribution is 2.27. The van der Waals surface area contributed by atoms with Gasteiger partial charge in [0.1, 0.15) is 0 Å². The van der Waals surface area contributed by atoms with Crippen molar-refractivity contribution in [1.82, 2.24) is 0 Å². The quantitative estimate of drug-likeness (QED) is 0.785. The maximum absolute atomic E-state index is 12.0. The standard InChI is InChI=1S/C10H11F2NO2S/c1-16-7-4-2-3-6(9(7)10(14)15)13-5-8(11)12/h2-4,8,13H,5H2,1H3,(H,14,15). The lowest BCUT2D eigenvalue weighted by Crippen LogP contribution is -2.13. The third kappa shape index (κ3) is 3.10. The van der Waals surface area contributed by atoms with Gasteiger partial charge in [0.15, 0.2) is 0 Å². The molecule has 0 atom stereocenters. The van der Waals surface area contributed by atoms with Crippen LogP contribution in [-0.2, 0) is 0 Å². The Morgan fingerprint density at radius 1 is 1.56 bits per heavy atom. The molecule has 0 bridgehead atoms. The minimum Gasteiger partial charge on any atom is -0.478 e. The highest BCUT2D eigenvalue weighted by Gasteiger charge is 2.15. The summed E-state index contributed by atoms with van der Waals surface area (Å²) in [4.78, 5) is 11.6. The summed E-state index contributed by atoms with van der Waals surface area (Å²) in [6, 6.07) is 4.75. The lowest BCUT2D eigenvalue weighted by atomic mass is 10.2. The Balaban J connectivity index is 3.02. The van der Waals surface area contributed by atoms with Crippen LogP contribution in [0.3, 0.4) is 0 Å². The van der Waals surface area contributed by atoms with E-state index in [1.807, 2.05) is 0 Å². The molecule has 0 saturated carbocycles. The molecule has 0 aliphatic rings. The number of halogens is 2. The topological polar surface area (TPSA) is 49.3 Å². The van der Waals surface area contributed by atoms with Crippen LogP contribution in [0, 0.1) is 0 Å². The first-order valence-corrected chi connectivity index (χ1v) is 5.71. The van der Waals surface area contributed by atoms with Gasteiger partial charge in [-0.15, -0.1) is 11.8 Å². The van der Waals surface area contributed by atoms with Crippen molar-refractivity contribution in [2.45, 2.75) is 11.3 Å². The van der Waals surface area contributed by atoms with Crippen molar-refractivity contribution in [2.24, 2.45) is 0 Å². The minimum atomic E-state index is -2.51. The number of thioether (sulfide) groups is 1. The van der Waals surface area contributed by atoms with Crippen molar-refractivity contribution >= 4 is 23.4 Å². The van der Waals surface area contributed by atoms with Gasteiger partial charge < -0.3 is 10.4 Å². The van der Waals surface area contributed by atoms with Gasteiger partial charge in [-0.05, 0) is 18.4 Å². The normalized spacial score (nSPS) is 10.5. The van der Waals surface area contributed by atoms with Crippen LogP contribution >= 0.6 is 11.8 Å². The second kappa shape index (κ2) is 5.69. The molecule has 1 aromatic carbocycles. The molecule has 0 aromatic heterocycles. The summed E-state index contributed by atoms with van der Waals surface area (Å²) >= 11 is 1.26. The first-order valence-electron chi connectivity index (χ1n) is 4.48. The molecule has 0 spiro atoms. The van der Waals surface area contributed by atoms with Crippen LogP contribution in [0.15, 0.2) is 23.1 Å². The van der Waals surface area contributed by atoms with E-state index in [1.54, 1.807) is 18.4 Å². The van der Waals surface area contributed by atoms with E-state index in [9.17, 15) is 13.6 Å².